The standard InChI is InChI=1S/C4H7N5O/c5-1-2(6)8-4(7)9-3(1)10/h1H,5H2,(H4,6,7,8,9,10)/t1-/m1/s1. The van der Waals surface area contributed by atoms with Crippen LogP contribution in [0.1, 0.15) is 0 Å². The molecule has 1 aliphatic rings. The molecule has 0 bridgehead atoms. The summed E-state index contributed by atoms with van der Waals surface area (Å²) in [6, 6.07) is -0.924. The summed E-state index contributed by atoms with van der Waals surface area (Å²) < 4.78 is 0. The predicted molar refractivity (Wildman–Crippen MR) is 36.2 cm³/mol. The Morgan fingerprint density at radius 3 is 2.40 bits per heavy atom. The minimum absolute atomic E-state index is 0.0116. The van der Waals surface area contributed by atoms with Crippen LogP contribution in [-0.4, -0.2) is 23.7 Å². The molecule has 0 aromatic rings. The van der Waals surface area contributed by atoms with Gasteiger partial charge in [-0.05, 0) is 0 Å². The third kappa shape index (κ3) is 0.960. The number of nitrogens with two attached hydrogens (primary N) is 3. The molecule has 0 aliphatic carbocycles. The van der Waals surface area contributed by atoms with E-state index in [0.29, 0.717) is 0 Å². The van der Waals surface area contributed by atoms with Crippen molar-refractivity contribution < 1.29 is 4.79 Å². The molecule has 1 atom stereocenters. The molecule has 0 aromatic heterocycles. The number of guanidine groups is 1. The Hall–Kier alpha value is -1.43. The number of carbonyl (C=O) groups excluding carboxylic acids is 1. The van der Waals surface area contributed by atoms with Gasteiger partial charge in [0.25, 0.3) is 5.91 Å². The van der Waals surface area contributed by atoms with Gasteiger partial charge in [-0.15, -0.1) is 0 Å². The van der Waals surface area contributed by atoms with Crippen molar-refractivity contribution >= 4 is 17.7 Å². The van der Waals surface area contributed by atoms with Crippen molar-refractivity contribution in [1.29, 1.82) is 0 Å². The van der Waals surface area contributed by atoms with Crippen LogP contribution >= 0.6 is 0 Å². The number of carbonyl (C=O) groups is 1. The van der Waals surface area contributed by atoms with Crippen molar-refractivity contribution in [2.24, 2.45) is 27.2 Å². The number of amides is 1. The van der Waals surface area contributed by atoms with Gasteiger partial charge in [-0.25, -0.2) is 0 Å². The van der Waals surface area contributed by atoms with Gasteiger partial charge < -0.3 is 17.2 Å². The number of hydrogen-bond donors (Lipinski definition) is 3. The molecule has 0 spiro atoms. The van der Waals surface area contributed by atoms with Crippen LogP contribution in [0, 0.1) is 0 Å². The lowest BCUT2D eigenvalue weighted by molar-refractivity contribution is -0.117. The Balaban J connectivity index is 2.95. The van der Waals surface area contributed by atoms with E-state index < -0.39 is 11.9 Å². The molecule has 0 unspecified atom stereocenters. The molecule has 1 amide bonds. The summed E-state index contributed by atoms with van der Waals surface area (Å²) in [6.07, 6.45) is 0. The molecule has 6 heteroatoms. The van der Waals surface area contributed by atoms with Gasteiger partial charge in [0.2, 0.25) is 5.96 Å². The Morgan fingerprint density at radius 2 is 1.90 bits per heavy atom. The lowest BCUT2D eigenvalue weighted by atomic mass is 10.2. The van der Waals surface area contributed by atoms with E-state index in [2.05, 4.69) is 9.98 Å². The van der Waals surface area contributed by atoms with E-state index in [-0.39, 0.29) is 11.8 Å². The molecule has 0 saturated carbocycles. The summed E-state index contributed by atoms with van der Waals surface area (Å²) in [5.41, 5.74) is 15.5. The summed E-state index contributed by atoms with van der Waals surface area (Å²) >= 11 is 0. The number of aliphatic imine (C=N–C) groups is 2. The molecule has 6 N–H and O–H groups in total. The minimum atomic E-state index is -0.924. The first-order valence-corrected chi connectivity index (χ1v) is 2.59. The van der Waals surface area contributed by atoms with E-state index in [9.17, 15) is 4.79 Å². The maximum absolute atomic E-state index is 10.7. The van der Waals surface area contributed by atoms with Gasteiger partial charge in [0.1, 0.15) is 11.9 Å². The minimum Gasteiger partial charge on any atom is -0.385 e. The zero-order valence-electron chi connectivity index (χ0n) is 5.11. The number of hydrogen-bond acceptors (Lipinski definition) is 5. The topological polar surface area (TPSA) is 120 Å². The van der Waals surface area contributed by atoms with Gasteiger partial charge in [0.05, 0.1) is 0 Å². The summed E-state index contributed by atoms with van der Waals surface area (Å²) in [4.78, 5) is 17.4. The van der Waals surface area contributed by atoms with Crippen LogP contribution < -0.4 is 17.2 Å². The first kappa shape index (κ1) is 6.69. The van der Waals surface area contributed by atoms with Crippen molar-refractivity contribution in [2.75, 3.05) is 0 Å². The predicted octanol–water partition coefficient (Wildman–Crippen LogP) is -2.47. The second kappa shape index (κ2) is 2.07. The molecular formula is C4H7N5O. The Morgan fingerprint density at radius 1 is 1.30 bits per heavy atom. The number of nitrogens with zero attached hydrogens (tertiary/aromatic N) is 2. The lowest BCUT2D eigenvalue weighted by Gasteiger charge is -2.10. The van der Waals surface area contributed by atoms with Gasteiger partial charge >= 0.3 is 0 Å². The normalized spacial score (nSPS) is 25.7. The molecule has 10 heavy (non-hydrogen) atoms. The van der Waals surface area contributed by atoms with Crippen LogP contribution in [0.25, 0.3) is 0 Å². The van der Waals surface area contributed by atoms with Crippen LogP contribution in [0.4, 0.5) is 0 Å². The third-order valence-corrected chi connectivity index (χ3v) is 1.05. The highest BCUT2D eigenvalue weighted by atomic mass is 16.1. The van der Waals surface area contributed by atoms with E-state index in [4.69, 9.17) is 17.2 Å². The maximum atomic E-state index is 10.7. The van der Waals surface area contributed by atoms with Crippen LogP contribution in [0.15, 0.2) is 9.98 Å². The molecule has 0 aromatic carbocycles. The smallest absolute Gasteiger partial charge is 0.273 e. The SMILES string of the molecule is NC1=NC(=O)[C@H](N)C(N)=N1. The van der Waals surface area contributed by atoms with Crippen LogP contribution in [-0.2, 0) is 4.79 Å². The van der Waals surface area contributed by atoms with Crippen molar-refractivity contribution in [3.63, 3.8) is 0 Å². The molecule has 0 saturated heterocycles. The monoisotopic (exact) mass is 141 g/mol. The number of amidine groups is 1. The van der Waals surface area contributed by atoms with Crippen LogP contribution in [0.3, 0.4) is 0 Å². The quantitative estimate of drug-likeness (QED) is 0.346. The van der Waals surface area contributed by atoms with Crippen LogP contribution in [0.2, 0.25) is 0 Å². The molecule has 6 nitrogen and oxygen atoms in total. The molecule has 0 radical (unpaired) electrons. The molecular weight excluding hydrogens is 134 g/mol. The second-order valence-corrected chi connectivity index (χ2v) is 1.82. The first-order valence-electron chi connectivity index (χ1n) is 2.59. The molecule has 54 valence electrons. The van der Waals surface area contributed by atoms with Crippen molar-refractivity contribution in [3.05, 3.63) is 0 Å². The van der Waals surface area contributed by atoms with Gasteiger partial charge in [-0.2, -0.15) is 9.98 Å². The highest BCUT2D eigenvalue weighted by Crippen LogP contribution is 1.92. The highest BCUT2D eigenvalue weighted by molar-refractivity contribution is 6.16. The van der Waals surface area contributed by atoms with Crippen molar-refractivity contribution in [1.82, 2.24) is 0 Å². The van der Waals surface area contributed by atoms with E-state index in [1.54, 1.807) is 0 Å². The first-order chi connectivity index (χ1) is 4.61. The molecule has 0 fully saturated rings. The summed E-state index contributed by atoms with van der Waals surface area (Å²) in [6.45, 7) is 0. The van der Waals surface area contributed by atoms with E-state index in [0.717, 1.165) is 0 Å². The van der Waals surface area contributed by atoms with Gasteiger partial charge in [0, 0.05) is 0 Å². The fraction of sp³-hybridized carbons (Fsp3) is 0.250. The Labute approximate surface area is 56.8 Å². The zero-order valence-corrected chi connectivity index (χ0v) is 5.11. The fourth-order valence-corrected chi connectivity index (χ4v) is 0.536. The third-order valence-electron chi connectivity index (χ3n) is 1.05. The Kier molecular flexibility index (Phi) is 1.38. The fourth-order valence-electron chi connectivity index (χ4n) is 0.536. The highest BCUT2D eigenvalue weighted by Gasteiger charge is 2.21. The van der Waals surface area contributed by atoms with Gasteiger partial charge in [-0.3, -0.25) is 4.79 Å². The summed E-state index contributed by atoms with van der Waals surface area (Å²) in [5.74, 6) is -0.674. The van der Waals surface area contributed by atoms with E-state index in [1.165, 1.54) is 0 Å². The maximum Gasteiger partial charge on any atom is 0.273 e. The van der Waals surface area contributed by atoms with Gasteiger partial charge in [0.15, 0.2) is 0 Å². The van der Waals surface area contributed by atoms with Crippen molar-refractivity contribution in [3.8, 4) is 0 Å². The largest absolute Gasteiger partial charge is 0.385 e. The average molecular weight is 141 g/mol. The molecule has 1 heterocycles. The second-order valence-electron chi connectivity index (χ2n) is 1.82. The molecule has 1 aliphatic heterocycles. The lowest BCUT2D eigenvalue weighted by Crippen LogP contribution is -2.46. The average Bonchev–Trinajstić information content (AvgIpc) is 1.82. The number of rotatable bonds is 0. The summed E-state index contributed by atoms with van der Waals surface area (Å²) in [5, 5.41) is 0. The zero-order chi connectivity index (χ0) is 7.72. The van der Waals surface area contributed by atoms with E-state index >= 15 is 0 Å². The van der Waals surface area contributed by atoms with Gasteiger partial charge in [-0.1, -0.05) is 0 Å². The summed E-state index contributed by atoms with van der Waals surface area (Å²) in [7, 11) is 0. The van der Waals surface area contributed by atoms with Crippen molar-refractivity contribution in [2.45, 2.75) is 6.04 Å². The Bertz CT molecular complexity index is 230. The van der Waals surface area contributed by atoms with Crippen LogP contribution in [0.5, 0.6) is 0 Å². The van der Waals surface area contributed by atoms with E-state index in [1.807, 2.05) is 0 Å². The molecule has 1 rings (SSSR count).